The Morgan fingerprint density at radius 3 is 1.70 bits per heavy atom. The highest BCUT2D eigenvalue weighted by Crippen LogP contribution is 2.40. The molecule has 2 aliphatic carbocycles. The molecule has 0 spiro atoms. The first-order valence-corrected chi connectivity index (χ1v) is 18.8. The molecular formula is C42H48N6O2. The van der Waals surface area contributed by atoms with Crippen molar-refractivity contribution in [3.8, 4) is 33.6 Å². The molecule has 4 atom stereocenters. The van der Waals surface area contributed by atoms with Crippen molar-refractivity contribution in [2.75, 3.05) is 13.1 Å². The molecule has 8 nitrogen and oxygen atoms in total. The van der Waals surface area contributed by atoms with Gasteiger partial charge in [-0.15, -0.1) is 0 Å². The molecule has 0 amide bonds. The van der Waals surface area contributed by atoms with Gasteiger partial charge in [-0.1, -0.05) is 36.4 Å². The number of likely N-dealkylation sites (tertiary alicyclic amines) is 2. The normalized spacial score (nSPS) is 24.8. The molecule has 4 aliphatic rings. The lowest BCUT2D eigenvalue weighted by Gasteiger charge is -2.35. The summed E-state index contributed by atoms with van der Waals surface area (Å²) in [6.07, 6.45) is 16.4. The van der Waals surface area contributed by atoms with Gasteiger partial charge in [-0.25, -0.2) is 19.6 Å². The second kappa shape index (κ2) is 14.1. The summed E-state index contributed by atoms with van der Waals surface area (Å²) in [4.78, 5) is 45.0. The van der Waals surface area contributed by atoms with Crippen LogP contribution in [-0.2, 0) is 9.59 Å². The van der Waals surface area contributed by atoms with Gasteiger partial charge >= 0.3 is 0 Å². The maximum absolute atomic E-state index is 11.4. The number of imidazole rings is 2. The van der Waals surface area contributed by atoms with E-state index in [0.29, 0.717) is 12.1 Å². The maximum atomic E-state index is 11.4. The van der Waals surface area contributed by atoms with Crippen LogP contribution in [0.3, 0.4) is 0 Å². The van der Waals surface area contributed by atoms with E-state index in [1.807, 2.05) is 12.4 Å². The molecule has 8 rings (SSSR count). The Morgan fingerprint density at radius 1 is 0.620 bits per heavy atom. The van der Waals surface area contributed by atoms with Crippen LogP contribution >= 0.6 is 0 Å². The van der Waals surface area contributed by atoms with Crippen molar-refractivity contribution in [3.63, 3.8) is 0 Å². The number of aromatic amines is 2. The highest BCUT2D eigenvalue weighted by atomic mass is 16.1. The van der Waals surface area contributed by atoms with Gasteiger partial charge in [0.1, 0.15) is 23.5 Å². The summed E-state index contributed by atoms with van der Waals surface area (Å²) in [5.74, 6) is 6.47. The zero-order chi connectivity index (χ0) is 34.2. The van der Waals surface area contributed by atoms with Crippen LogP contribution in [-0.4, -0.2) is 66.8 Å². The molecule has 4 heterocycles. The first-order valence-electron chi connectivity index (χ1n) is 18.8. The third kappa shape index (κ3) is 6.27. The topological polar surface area (TPSA) is 98.0 Å². The van der Waals surface area contributed by atoms with E-state index in [0.717, 1.165) is 130 Å². The van der Waals surface area contributed by atoms with E-state index < -0.39 is 0 Å². The number of nitrogens with one attached hydrogen (secondary N) is 2. The second-order valence-corrected chi connectivity index (χ2v) is 15.1. The standard InChI is InChI=1S/C42H48N6O2/c1-27-28(2)36(38-24-44-42(46-38)40-12-6-20-48(40)34-10-4-8-30(22-34)26-50)18-17-35(27)31-13-15-32(16-14-31)37-23-43-41(45-37)39-11-5-19-47(39)33-9-3-7-29(21-33)25-49/h13-18,23-24,33-34,39-40H,3-12,19-22H2,1-2H3,(H,43,45)(H,44,46)/t33?,34?,39-,40-/m0/s1. The van der Waals surface area contributed by atoms with Gasteiger partial charge in [0, 0.05) is 28.8 Å². The molecule has 2 unspecified atom stereocenters. The Morgan fingerprint density at radius 2 is 1.12 bits per heavy atom. The van der Waals surface area contributed by atoms with Crippen molar-refractivity contribution in [1.29, 1.82) is 0 Å². The second-order valence-electron chi connectivity index (χ2n) is 15.1. The monoisotopic (exact) mass is 668 g/mol. The molecule has 2 saturated heterocycles. The highest BCUT2D eigenvalue weighted by molar-refractivity contribution is 5.77. The molecule has 2 aromatic carbocycles. The van der Waals surface area contributed by atoms with E-state index in [1.54, 1.807) is 0 Å². The number of H-pyrrole nitrogens is 2. The van der Waals surface area contributed by atoms with Crippen molar-refractivity contribution >= 4 is 11.9 Å². The quantitative estimate of drug-likeness (QED) is 0.192. The van der Waals surface area contributed by atoms with E-state index in [4.69, 9.17) is 9.97 Å². The molecule has 0 bridgehead atoms. The summed E-state index contributed by atoms with van der Waals surface area (Å²) >= 11 is 0. The van der Waals surface area contributed by atoms with E-state index >= 15 is 0 Å². The molecular weight excluding hydrogens is 621 g/mol. The molecule has 0 radical (unpaired) electrons. The van der Waals surface area contributed by atoms with Gasteiger partial charge in [0.25, 0.3) is 0 Å². The lowest BCUT2D eigenvalue weighted by atomic mass is 9.90. The van der Waals surface area contributed by atoms with Crippen LogP contribution in [0.5, 0.6) is 0 Å². The molecule has 50 heavy (non-hydrogen) atoms. The summed E-state index contributed by atoms with van der Waals surface area (Å²) in [7, 11) is 0. The van der Waals surface area contributed by atoms with Crippen LogP contribution in [0.1, 0.15) is 112 Å². The third-order valence-corrected chi connectivity index (χ3v) is 12.2. The lowest BCUT2D eigenvalue weighted by molar-refractivity contribution is 0.153. The molecule has 8 heteroatoms. The van der Waals surface area contributed by atoms with Gasteiger partial charge in [0.2, 0.25) is 0 Å². The summed E-state index contributed by atoms with van der Waals surface area (Å²) < 4.78 is 0. The fraction of sp³-hybridized carbons (Fsp3) is 0.476. The fourth-order valence-electron chi connectivity index (χ4n) is 9.42. The maximum Gasteiger partial charge on any atom is 0.123 e. The van der Waals surface area contributed by atoms with Crippen LogP contribution in [0, 0.1) is 13.8 Å². The van der Waals surface area contributed by atoms with Crippen LogP contribution in [0.4, 0.5) is 0 Å². The smallest absolute Gasteiger partial charge is 0.123 e. The van der Waals surface area contributed by atoms with Gasteiger partial charge in [-0.05, 0) is 132 Å². The molecule has 258 valence electrons. The minimum Gasteiger partial charge on any atom is -0.341 e. The zero-order valence-corrected chi connectivity index (χ0v) is 29.4. The summed E-state index contributed by atoms with van der Waals surface area (Å²) in [5.41, 5.74) is 11.3. The highest BCUT2D eigenvalue weighted by Gasteiger charge is 2.36. The summed E-state index contributed by atoms with van der Waals surface area (Å²) in [6, 6.07) is 14.7. The molecule has 4 fully saturated rings. The average Bonchev–Trinajstić information content (AvgIpc) is 3.99. The van der Waals surface area contributed by atoms with E-state index in [1.165, 1.54) is 27.8 Å². The Labute approximate surface area is 295 Å². The molecule has 2 aromatic heterocycles. The van der Waals surface area contributed by atoms with Crippen molar-refractivity contribution in [2.45, 2.75) is 115 Å². The molecule has 2 N–H and O–H groups in total. The van der Waals surface area contributed by atoms with Gasteiger partial charge in [-0.3, -0.25) is 9.80 Å². The first-order chi connectivity index (χ1) is 24.5. The van der Waals surface area contributed by atoms with Crippen LogP contribution in [0.15, 0.2) is 59.9 Å². The predicted molar refractivity (Wildman–Crippen MR) is 197 cm³/mol. The van der Waals surface area contributed by atoms with Crippen molar-refractivity contribution in [2.24, 2.45) is 0 Å². The number of benzene rings is 2. The predicted octanol–water partition coefficient (Wildman–Crippen LogP) is 8.43. The first kappa shape index (κ1) is 32.9. The van der Waals surface area contributed by atoms with Crippen LogP contribution < -0.4 is 0 Å². The summed E-state index contributed by atoms with van der Waals surface area (Å²) in [6.45, 7) is 6.55. The number of carbonyl (C=O) groups excluding carboxylic acids is 2. The largest absolute Gasteiger partial charge is 0.341 e. The SMILES string of the molecule is Cc1c(-c2ccc(-c3cnc([C@@H]4CCCN4C4CCCC(=C=O)C4)[nH]3)cc2)ccc(-c2cnc([C@@H]3CCCN3C3CCCC(=C=O)C3)[nH]2)c1C. The van der Waals surface area contributed by atoms with Crippen molar-refractivity contribution in [3.05, 3.63) is 82.7 Å². The number of hydrogen-bond donors (Lipinski definition) is 2. The van der Waals surface area contributed by atoms with E-state index in [9.17, 15) is 9.59 Å². The molecule has 4 aromatic rings. The molecule has 2 aliphatic heterocycles. The average molecular weight is 669 g/mol. The third-order valence-electron chi connectivity index (χ3n) is 12.2. The van der Waals surface area contributed by atoms with Crippen molar-refractivity contribution < 1.29 is 9.59 Å². The Kier molecular flexibility index (Phi) is 9.28. The number of nitrogens with zero attached hydrogens (tertiary/aromatic N) is 4. The van der Waals surface area contributed by atoms with E-state index in [2.05, 4.69) is 81.9 Å². The minimum atomic E-state index is 0.271. The van der Waals surface area contributed by atoms with Gasteiger partial charge < -0.3 is 9.97 Å². The number of hydrogen-bond acceptors (Lipinski definition) is 6. The van der Waals surface area contributed by atoms with Gasteiger partial charge in [-0.2, -0.15) is 0 Å². The Bertz CT molecular complexity index is 1960. The van der Waals surface area contributed by atoms with Gasteiger partial charge in [0.05, 0.1) is 35.9 Å². The van der Waals surface area contributed by atoms with Gasteiger partial charge in [0.15, 0.2) is 0 Å². The zero-order valence-electron chi connectivity index (χ0n) is 29.4. The van der Waals surface area contributed by atoms with Crippen molar-refractivity contribution in [1.82, 2.24) is 29.7 Å². The van der Waals surface area contributed by atoms with Crippen LogP contribution in [0.2, 0.25) is 0 Å². The number of aromatic nitrogens is 4. The molecule has 2 saturated carbocycles. The fourth-order valence-corrected chi connectivity index (χ4v) is 9.42. The Balaban J connectivity index is 0.968. The van der Waals surface area contributed by atoms with E-state index in [-0.39, 0.29) is 12.1 Å². The van der Waals surface area contributed by atoms with Crippen LogP contribution in [0.25, 0.3) is 33.6 Å². The minimum absolute atomic E-state index is 0.271. The lowest BCUT2D eigenvalue weighted by Crippen LogP contribution is -2.37. The summed E-state index contributed by atoms with van der Waals surface area (Å²) in [5, 5.41) is 0. The number of rotatable bonds is 7. The Hall–Kier alpha value is -4.32.